The lowest BCUT2D eigenvalue weighted by atomic mass is 10.0. The molecule has 0 fully saturated rings. The number of thiazole rings is 1. The van der Waals surface area contributed by atoms with E-state index >= 15 is 0 Å². The van der Waals surface area contributed by atoms with Crippen LogP contribution < -0.4 is 4.80 Å². The van der Waals surface area contributed by atoms with Crippen molar-refractivity contribution in [1.82, 2.24) is 4.57 Å². The van der Waals surface area contributed by atoms with Gasteiger partial charge < -0.3 is 9.40 Å². The first-order valence-corrected chi connectivity index (χ1v) is 7.09. The Morgan fingerprint density at radius 1 is 1.45 bits per heavy atom. The highest BCUT2D eigenvalue weighted by molar-refractivity contribution is 7.07. The topological polar surface area (TPSA) is 56.0 Å². The molecule has 1 amide bonds. The van der Waals surface area contributed by atoms with E-state index < -0.39 is 0 Å². The van der Waals surface area contributed by atoms with Crippen molar-refractivity contribution in [3.05, 3.63) is 52.3 Å². The number of hydrogen-bond donors (Lipinski definition) is 0. The third kappa shape index (κ3) is 2.55. The highest BCUT2D eigenvalue weighted by Crippen LogP contribution is 2.27. The predicted molar refractivity (Wildman–Crippen MR) is 76.2 cm³/mol. The molecule has 1 aliphatic heterocycles. The zero-order valence-corrected chi connectivity index (χ0v) is 11.7. The Labute approximate surface area is 119 Å². The second-order valence-electron chi connectivity index (χ2n) is 4.46. The van der Waals surface area contributed by atoms with Crippen molar-refractivity contribution in [2.24, 2.45) is 17.2 Å². The van der Waals surface area contributed by atoms with Crippen molar-refractivity contribution in [3.8, 4) is 0 Å². The largest absolute Gasteiger partial charge is 0.387 e. The van der Waals surface area contributed by atoms with Gasteiger partial charge in [0.15, 0.2) is 16.6 Å². The van der Waals surface area contributed by atoms with Gasteiger partial charge in [0.1, 0.15) is 0 Å². The molecule has 1 aromatic carbocycles. The van der Waals surface area contributed by atoms with Crippen LogP contribution in [0.1, 0.15) is 18.1 Å². The molecule has 0 spiro atoms. The summed E-state index contributed by atoms with van der Waals surface area (Å²) >= 11 is 1.41. The van der Waals surface area contributed by atoms with E-state index in [1.807, 2.05) is 49.0 Å². The fourth-order valence-corrected chi connectivity index (χ4v) is 2.66. The molecule has 102 valence electrons. The van der Waals surface area contributed by atoms with Crippen LogP contribution in [0.2, 0.25) is 0 Å². The van der Waals surface area contributed by atoms with Gasteiger partial charge in [-0.25, -0.2) is 0 Å². The van der Waals surface area contributed by atoms with Crippen LogP contribution in [0, 0.1) is 0 Å². The number of carbonyl (C=O) groups is 1. The molecule has 0 saturated heterocycles. The molecule has 0 N–H and O–H groups in total. The summed E-state index contributed by atoms with van der Waals surface area (Å²) in [7, 11) is 1.85. The highest BCUT2D eigenvalue weighted by atomic mass is 32.1. The molecule has 0 aliphatic carbocycles. The van der Waals surface area contributed by atoms with E-state index in [9.17, 15) is 4.79 Å². The molecule has 20 heavy (non-hydrogen) atoms. The second kappa shape index (κ2) is 5.42. The first-order chi connectivity index (χ1) is 9.74. The zero-order valence-electron chi connectivity index (χ0n) is 10.9. The summed E-state index contributed by atoms with van der Waals surface area (Å²) in [5.74, 6) is -0.332. The van der Waals surface area contributed by atoms with Gasteiger partial charge in [0.05, 0.1) is 0 Å². The Hall–Kier alpha value is -2.21. The molecule has 5 nitrogen and oxygen atoms in total. The molecule has 3 rings (SSSR count). The minimum atomic E-state index is -0.332. The minimum absolute atomic E-state index is 0.192. The van der Waals surface area contributed by atoms with E-state index in [-0.39, 0.29) is 12.0 Å². The third-order valence-electron chi connectivity index (χ3n) is 3.04. The standard InChI is InChI=1S/C14H13N3O2S/c1-17-7-8-20-14(17)15-13(18)11-9-12(19-16-11)10-5-3-2-4-6-10/h2-8,12H,9H2,1H3/t12-/m1/s1. The normalized spacial score (nSPS) is 18.8. The van der Waals surface area contributed by atoms with Gasteiger partial charge >= 0.3 is 0 Å². The lowest BCUT2D eigenvalue weighted by Gasteiger charge is -2.06. The highest BCUT2D eigenvalue weighted by Gasteiger charge is 2.27. The van der Waals surface area contributed by atoms with E-state index in [1.54, 1.807) is 4.57 Å². The number of aryl methyl sites for hydroxylation is 1. The van der Waals surface area contributed by atoms with Gasteiger partial charge in [0, 0.05) is 25.0 Å². The van der Waals surface area contributed by atoms with E-state index in [2.05, 4.69) is 10.1 Å². The van der Waals surface area contributed by atoms with Gasteiger partial charge in [-0.2, -0.15) is 4.99 Å². The van der Waals surface area contributed by atoms with Gasteiger partial charge in [-0.3, -0.25) is 4.79 Å². The first-order valence-electron chi connectivity index (χ1n) is 6.21. The van der Waals surface area contributed by atoms with Crippen molar-refractivity contribution in [2.75, 3.05) is 0 Å². The Morgan fingerprint density at radius 3 is 2.95 bits per heavy atom. The summed E-state index contributed by atoms with van der Waals surface area (Å²) in [6, 6.07) is 9.74. The number of amides is 1. The predicted octanol–water partition coefficient (Wildman–Crippen LogP) is 2.03. The van der Waals surface area contributed by atoms with Crippen molar-refractivity contribution in [3.63, 3.8) is 0 Å². The summed E-state index contributed by atoms with van der Waals surface area (Å²) in [4.78, 5) is 22.1. The van der Waals surface area contributed by atoms with Gasteiger partial charge in [0.25, 0.3) is 5.91 Å². The molecular formula is C14H13N3O2S. The second-order valence-corrected chi connectivity index (χ2v) is 5.33. The fraction of sp³-hybridized carbons (Fsp3) is 0.214. The summed E-state index contributed by atoms with van der Waals surface area (Å²) < 4.78 is 1.80. The van der Waals surface area contributed by atoms with Crippen LogP contribution in [-0.4, -0.2) is 16.2 Å². The maximum atomic E-state index is 12.1. The number of rotatable bonds is 2. The third-order valence-corrected chi connectivity index (χ3v) is 3.89. The van der Waals surface area contributed by atoms with E-state index in [0.717, 1.165) is 5.56 Å². The number of nitrogens with zero attached hydrogens (tertiary/aromatic N) is 3. The molecule has 2 heterocycles. The van der Waals surface area contributed by atoms with Crippen LogP contribution in [0.3, 0.4) is 0 Å². The number of aromatic nitrogens is 1. The maximum absolute atomic E-state index is 12.1. The molecule has 6 heteroatoms. The van der Waals surface area contributed by atoms with Gasteiger partial charge in [-0.1, -0.05) is 35.5 Å². The minimum Gasteiger partial charge on any atom is -0.387 e. The zero-order chi connectivity index (χ0) is 13.9. The van der Waals surface area contributed by atoms with Crippen LogP contribution in [0.25, 0.3) is 0 Å². The van der Waals surface area contributed by atoms with Crippen molar-refractivity contribution in [1.29, 1.82) is 0 Å². The van der Waals surface area contributed by atoms with Gasteiger partial charge in [-0.05, 0) is 5.56 Å². The molecule has 0 saturated carbocycles. The smallest absolute Gasteiger partial charge is 0.297 e. The van der Waals surface area contributed by atoms with Gasteiger partial charge in [0.2, 0.25) is 0 Å². The van der Waals surface area contributed by atoms with Crippen molar-refractivity contribution >= 4 is 23.0 Å². The van der Waals surface area contributed by atoms with Crippen LogP contribution in [0.5, 0.6) is 0 Å². The van der Waals surface area contributed by atoms with Crippen LogP contribution in [0.4, 0.5) is 0 Å². The van der Waals surface area contributed by atoms with Crippen LogP contribution in [-0.2, 0) is 16.7 Å². The van der Waals surface area contributed by atoms with Crippen molar-refractivity contribution in [2.45, 2.75) is 12.5 Å². The molecule has 1 atom stereocenters. The SMILES string of the molecule is Cn1ccsc1=NC(=O)C1=NO[C@@H](c2ccccc2)C1. The van der Waals surface area contributed by atoms with E-state index in [0.29, 0.717) is 16.9 Å². The lowest BCUT2D eigenvalue weighted by molar-refractivity contribution is -0.112. The number of hydrogen-bond acceptors (Lipinski definition) is 4. The van der Waals surface area contributed by atoms with E-state index in [4.69, 9.17) is 4.84 Å². The molecular weight excluding hydrogens is 274 g/mol. The molecule has 0 unspecified atom stereocenters. The monoisotopic (exact) mass is 287 g/mol. The fourth-order valence-electron chi connectivity index (χ4n) is 1.94. The summed E-state index contributed by atoms with van der Waals surface area (Å²) in [6.45, 7) is 0. The molecule has 0 bridgehead atoms. The quantitative estimate of drug-likeness (QED) is 0.848. The average molecular weight is 287 g/mol. The molecule has 1 aromatic heterocycles. The van der Waals surface area contributed by atoms with Crippen molar-refractivity contribution < 1.29 is 9.63 Å². The Bertz CT molecular complexity index is 715. The van der Waals surface area contributed by atoms with Crippen LogP contribution in [0.15, 0.2) is 52.1 Å². The Morgan fingerprint density at radius 2 is 2.25 bits per heavy atom. The summed E-state index contributed by atoms with van der Waals surface area (Å²) in [6.07, 6.45) is 2.13. The van der Waals surface area contributed by atoms with E-state index in [1.165, 1.54) is 11.3 Å². The number of benzene rings is 1. The molecule has 1 aliphatic rings. The average Bonchev–Trinajstić information content (AvgIpc) is 3.10. The first kappa shape index (κ1) is 12.8. The summed E-state index contributed by atoms with van der Waals surface area (Å²) in [5.41, 5.74) is 1.38. The lowest BCUT2D eigenvalue weighted by Crippen LogP contribution is -2.17. The van der Waals surface area contributed by atoms with Gasteiger partial charge in [-0.15, -0.1) is 11.3 Å². The molecule has 2 aromatic rings. The molecule has 0 radical (unpaired) electrons. The number of carbonyl (C=O) groups excluding carboxylic acids is 1. The Kier molecular flexibility index (Phi) is 3.47. The van der Waals surface area contributed by atoms with Crippen LogP contribution >= 0.6 is 11.3 Å². The Balaban J connectivity index is 1.75. The summed E-state index contributed by atoms with van der Waals surface area (Å²) in [5, 5.41) is 5.75. The number of oxime groups is 1. The maximum Gasteiger partial charge on any atom is 0.297 e.